The van der Waals surface area contributed by atoms with E-state index < -0.39 is 0 Å². The van der Waals surface area contributed by atoms with Crippen LogP contribution in [0, 0.1) is 17.8 Å². The number of nitrogens with zero attached hydrogens (tertiary/aromatic N) is 1. The Hall–Kier alpha value is -0.570. The van der Waals surface area contributed by atoms with Gasteiger partial charge in [0, 0.05) is 25.6 Å². The van der Waals surface area contributed by atoms with Crippen LogP contribution in [0.2, 0.25) is 0 Å². The summed E-state index contributed by atoms with van der Waals surface area (Å²) in [4.78, 5) is 14.4. The molecule has 0 aromatic heterocycles. The summed E-state index contributed by atoms with van der Waals surface area (Å²) in [6, 6.07) is 0.215. The molecule has 3 unspecified atom stereocenters. The molecule has 0 aromatic carbocycles. The monoisotopic (exact) mass is 252 g/mol. The van der Waals surface area contributed by atoms with E-state index in [4.69, 9.17) is 5.73 Å². The molecule has 0 bridgehead atoms. The van der Waals surface area contributed by atoms with Crippen molar-refractivity contribution in [2.24, 2.45) is 23.5 Å². The summed E-state index contributed by atoms with van der Waals surface area (Å²) in [5.74, 6) is 1.84. The standard InChI is InChI=1S/C15H28N2O/c1-11-7-8-13(9-14(11)16)15(18)17(2)10-12-5-3-4-6-12/h11-14H,3-10,16H2,1-2H3. The van der Waals surface area contributed by atoms with Crippen LogP contribution in [-0.4, -0.2) is 30.4 Å². The van der Waals surface area contributed by atoms with E-state index in [1.807, 2.05) is 11.9 Å². The minimum atomic E-state index is 0.183. The van der Waals surface area contributed by atoms with Crippen molar-refractivity contribution in [1.29, 1.82) is 0 Å². The van der Waals surface area contributed by atoms with Gasteiger partial charge in [0.2, 0.25) is 5.91 Å². The summed E-state index contributed by atoms with van der Waals surface area (Å²) in [6.45, 7) is 3.16. The minimum absolute atomic E-state index is 0.183. The summed E-state index contributed by atoms with van der Waals surface area (Å²) in [7, 11) is 1.98. The molecule has 1 amide bonds. The van der Waals surface area contributed by atoms with Gasteiger partial charge in [0.1, 0.15) is 0 Å². The number of nitrogens with two attached hydrogens (primary N) is 1. The van der Waals surface area contributed by atoms with Crippen molar-refractivity contribution in [2.45, 2.75) is 57.9 Å². The molecule has 2 rings (SSSR count). The van der Waals surface area contributed by atoms with Gasteiger partial charge in [-0.1, -0.05) is 19.8 Å². The lowest BCUT2D eigenvalue weighted by molar-refractivity contribution is -0.136. The number of carbonyl (C=O) groups is 1. The Morgan fingerprint density at radius 3 is 2.50 bits per heavy atom. The molecule has 3 atom stereocenters. The molecular formula is C15H28N2O. The van der Waals surface area contributed by atoms with Gasteiger partial charge in [0.25, 0.3) is 0 Å². The quantitative estimate of drug-likeness (QED) is 0.838. The lowest BCUT2D eigenvalue weighted by Crippen LogP contribution is -2.43. The maximum atomic E-state index is 12.4. The molecule has 0 aromatic rings. The third-order valence-electron chi connectivity index (χ3n) is 4.99. The zero-order valence-corrected chi connectivity index (χ0v) is 11.9. The second kappa shape index (κ2) is 6.05. The van der Waals surface area contributed by atoms with Crippen molar-refractivity contribution >= 4 is 5.91 Å². The lowest BCUT2D eigenvalue weighted by atomic mass is 9.79. The van der Waals surface area contributed by atoms with E-state index in [0.29, 0.717) is 11.8 Å². The molecule has 2 aliphatic rings. The van der Waals surface area contributed by atoms with E-state index in [9.17, 15) is 4.79 Å². The molecular weight excluding hydrogens is 224 g/mol. The third kappa shape index (κ3) is 3.25. The van der Waals surface area contributed by atoms with Gasteiger partial charge in [-0.25, -0.2) is 0 Å². The second-order valence-corrected chi connectivity index (χ2v) is 6.52. The van der Waals surface area contributed by atoms with Crippen LogP contribution in [-0.2, 0) is 4.79 Å². The average Bonchev–Trinajstić information content (AvgIpc) is 2.84. The Morgan fingerprint density at radius 1 is 1.22 bits per heavy atom. The molecule has 0 radical (unpaired) electrons. The fourth-order valence-electron chi connectivity index (χ4n) is 3.56. The fourth-order valence-corrected chi connectivity index (χ4v) is 3.56. The summed E-state index contributed by atoms with van der Waals surface area (Å²) >= 11 is 0. The number of rotatable bonds is 3. The number of hydrogen-bond donors (Lipinski definition) is 1. The molecule has 3 heteroatoms. The van der Waals surface area contributed by atoms with E-state index >= 15 is 0 Å². The Bertz CT molecular complexity index is 286. The highest BCUT2D eigenvalue weighted by Gasteiger charge is 2.31. The maximum Gasteiger partial charge on any atom is 0.225 e. The van der Waals surface area contributed by atoms with Gasteiger partial charge < -0.3 is 10.6 Å². The van der Waals surface area contributed by atoms with Gasteiger partial charge in [-0.15, -0.1) is 0 Å². The topological polar surface area (TPSA) is 46.3 Å². The van der Waals surface area contributed by atoms with Crippen molar-refractivity contribution < 1.29 is 4.79 Å². The van der Waals surface area contributed by atoms with Crippen molar-refractivity contribution in [3.05, 3.63) is 0 Å². The van der Waals surface area contributed by atoms with E-state index in [1.165, 1.54) is 25.7 Å². The van der Waals surface area contributed by atoms with E-state index in [0.717, 1.165) is 31.7 Å². The van der Waals surface area contributed by atoms with Gasteiger partial charge in [0.05, 0.1) is 0 Å². The first-order valence-electron chi connectivity index (χ1n) is 7.58. The molecule has 0 saturated heterocycles. The van der Waals surface area contributed by atoms with Crippen LogP contribution >= 0.6 is 0 Å². The van der Waals surface area contributed by atoms with Crippen LogP contribution in [0.3, 0.4) is 0 Å². The van der Waals surface area contributed by atoms with Crippen molar-refractivity contribution in [3.8, 4) is 0 Å². The first kappa shape index (κ1) is 13.9. The largest absolute Gasteiger partial charge is 0.345 e. The predicted octanol–water partition coefficient (Wildman–Crippen LogP) is 2.40. The van der Waals surface area contributed by atoms with Gasteiger partial charge >= 0.3 is 0 Å². The number of hydrogen-bond acceptors (Lipinski definition) is 2. The van der Waals surface area contributed by atoms with Gasteiger partial charge in [0.15, 0.2) is 0 Å². The lowest BCUT2D eigenvalue weighted by Gasteiger charge is -2.33. The molecule has 104 valence electrons. The molecule has 0 spiro atoms. The zero-order chi connectivity index (χ0) is 13.1. The highest BCUT2D eigenvalue weighted by Crippen LogP contribution is 2.30. The van der Waals surface area contributed by atoms with Crippen LogP contribution in [0.1, 0.15) is 51.9 Å². The smallest absolute Gasteiger partial charge is 0.225 e. The summed E-state index contributed by atoms with van der Waals surface area (Å²) in [6.07, 6.45) is 8.32. The first-order chi connectivity index (χ1) is 8.58. The molecule has 0 heterocycles. The van der Waals surface area contributed by atoms with Crippen molar-refractivity contribution in [2.75, 3.05) is 13.6 Å². The summed E-state index contributed by atoms with van der Waals surface area (Å²) in [5.41, 5.74) is 6.10. The van der Waals surface area contributed by atoms with E-state index in [2.05, 4.69) is 6.92 Å². The maximum absolute atomic E-state index is 12.4. The minimum Gasteiger partial charge on any atom is -0.345 e. The Morgan fingerprint density at radius 2 is 1.89 bits per heavy atom. The molecule has 2 N–H and O–H groups in total. The number of amides is 1. The molecule has 3 nitrogen and oxygen atoms in total. The van der Waals surface area contributed by atoms with Gasteiger partial charge in [-0.2, -0.15) is 0 Å². The van der Waals surface area contributed by atoms with Crippen LogP contribution in [0.4, 0.5) is 0 Å². The zero-order valence-electron chi connectivity index (χ0n) is 11.9. The fraction of sp³-hybridized carbons (Fsp3) is 0.933. The first-order valence-corrected chi connectivity index (χ1v) is 7.58. The van der Waals surface area contributed by atoms with Crippen LogP contribution in [0.25, 0.3) is 0 Å². The van der Waals surface area contributed by atoms with E-state index in [-0.39, 0.29) is 12.0 Å². The second-order valence-electron chi connectivity index (χ2n) is 6.52. The third-order valence-corrected chi connectivity index (χ3v) is 4.99. The van der Waals surface area contributed by atoms with Crippen LogP contribution in [0.5, 0.6) is 0 Å². The highest BCUT2D eigenvalue weighted by atomic mass is 16.2. The van der Waals surface area contributed by atoms with Crippen LogP contribution < -0.4 is 5.73 Å². The molecule has 18 heavy (non-hydrogen) atoms. The van der Waals surface area contributed by atoms with Gasteiger partial charge in [-0.05, 0) is 43.9 Å². The SMILES string of the molecule is CC1CCC(C(=O)N(C)CC2CCCC2)CC1N. The molecule has 2 fully saturated rings. The normalized spacial score (nSPS) is 33.6. The molecule has 2 aliphatic carbocycles. The van der Waals surface area contributed by atoms with Gasteiger partial charge in [-0.3, -0.25) is 4.79 Å². The van der Waals surface area contributed by atoms with Crippen LogP contribution in [0.15, 0.2) is 0 Å². The van der Waals surface area contributed by atoms with Crippen molar-refractivity contribution in [1.82, 2.24) is 4.90 Å². The Labute approximate surface area is 111 Å². The average molecular weight is 252 g/mol. The summed E-state index contributed by atoms with van der Waals surface area (Å²) in [5, 5.41) is 0. The van der Waals surface area contributed by atoms with E-state index in [1.54, 1.807) is 0 Å². The predicted molar refractivity (Wildman–Crippen MR) is 74.1 cm³/mol. The Kier molecular flexibility index (Phi) is 4.66. The summed E-state index contributed by atoms with van der Waals surface area (Å²) < 4.78 is 0. The highest BCUT2D eigenvalue weighted by molar-refractivity contribution is 5.78. The molecule has 0 aliphatic heterocycles. The van der Waals surface area contributed by atoms with Crippen molar-refractivity contribution in [3.63, 3.8) is 0 Å². The molecule has 2 saturated carbocycles. The Balaban J connectivity index is 1.82. The number of carbonyl (C=O) groups excluding carboxylic acids is 1.